The topological polar surface area (TPSA) is 54.4 Å². The van der Waals surface area contributed by atoms with Gasteiger partial charge >= 0.3 is 0 Å². The van der Waals surface area contributed by atoms with Gasteiger partial charge in [-0.2, -0.15) is 4.39 Å². The molecule has 0 saturated carbocycles. The summed E-state index contributed by atoms with van der Waals surface area (Å²) in [5.41, 5.74) is 1.30. The second-order valence-electron chi connectivity index (χ2n) is 4.43. The summed E-state index contributed by atoms with van der Waals surface area (Å²) in [5.74, 6) is 0.815. The largest absolute Gasteiger partial charge is 0.508 e. The van der Waals surface area contributed by atoms with Gasteiger partial charge in [-0.3, -0.25) is 0 Å². The van der Waals surface area contributed by atoms with E-state index in [2.05, 4.69) is 10.3 Å². The molecule has 0 radical (unpaired) electrons. The number of nitrogens with one attached hydrogen (secondary N) is 1. The maximum Gasteiger partial charge on any atom is 0.221 e. The van der Waals surface area contributed by atoms with Gasteiger partial charge in [-0.15, -0.1) is 0 Å². The summed E-state index contributed by atoms with van der Waals surface area (Å²) in [6, 6.07) is 8.27. The Hall–Kier alpha value is -2.30. The van der Waals surface area contributed by atoms with E-state index >= 15 is 0 Å². The smallest absolute Gasteiger partial charge is 0.221 e. The van der Waals surface area contributed by atoms with Crippen LogP contribution in [0, 0.1) is 5.95 Å². The number of benzene rings is 1. The lowest BCUT2D eigenvalue weighted by Gasteiger charge is -2.12. The van der Waals surface area contributed by atoms with Crippen molar-refractivity contribution in [2.24, 2.45) is 0 Å². The van der Waals surface area contributed by atoms with Gasteiger partial charge in [0.2, 0.25) is 5.95 Å². The predicted molar refractivity (Wildman–Crippen MR) is 68.9 cm³/mol. The van der Waals surface area contributed by atoms with Crippen molar-refractivity contribution in [2.45, 2.75) is 12.5 Å². The molecule has 3 rings (SSSR count). The van der Waals surface area contributed by atoms with E-state index in [4.69, 9.17) is 4.74 Å². The van der Waals surface area contributed by atoms with Crippen molar-refractivity contribution < 1.29 is 14.2 Å². The lowest BCUT2D eigenvalue weighted by molar-refractivity contribution is 0.231. The second-order valence-corrected chi connectivity index (χ2v) is 4.43. The van der Waals surface area contributed by atoms with Crippen LogP contribution in [0.25, 0.3) is 0 Å². The van der Waals surface area contributed by atoms with Gasteiger partial charge in [-0.05, 0) is 30.3 Å². The molecule has 0 spiro atoms. The van der Waals surface area contributed by atoms with Crippen LogP contribution >= 0.6 is 0 Å². The number of aromatic hydroxyl groups is 1. The number of anilines is 1. The summed E-state index contributed by atoms with van der Waals surface area (Å²) in [4.78, 5) is 3.81. The molecule has 1 unspecified atom stereocenters. The average molecular weight is 260 g/mol. The number of halogens is 1. The number of phenols is 1. The monoisotopic (exact) mass is 260 g/mol. The molecule has 19 heavy (non-hydrogen) atoms. The van der Waals surface area contributed by atoms with Gasteiger partial charge in [0, 0.05) is 24.6 Å². The van der Waals surface area contributed by atoms with Gasteiger partial charge in [-0.1, -0.05) is 0 Å². The van der Waals surface area contributed by atoms with Crippen LogP contribution < -0.4 is 10.1 Å². The maximum absolute atomic E-state index is 13.9. The minimum absolute atomic E-state index is 0.187. The summed E-state index contributed by atoms with van der Waals surface area (Å²) >= 11 is 0. The van der Waals surface area contributed by atoms with Crippen molar-refractivity contribution in [3.8, 4) is 11.5 Å². The molecule has 98 valence electrons. The van der Waals surface area contributed by atoms with Crippen LogP contribution in [0.2, 0.25) is 0 Å². The third-order valence-corrected chi connectivity index (χ3v) is 3.20. The molecule has 0 bridgehead atoms. The number of hydrogen-bond acceptors (Lipinski definition) is 4. The van der Waals surface area contributed by atoms with Crippen molar-refractivity contribution in [1.82, 2.24) is 4.98 Å². The summed E-state index contributed by atoms with van der Waals surface area (Å²) in [7, 11) is 1.69. The molecule has 1 aliphatic rings. The number of hydrogen-bond donors (Lipinski definition) is 2. The summed E-state index contributed by atoms with van der Waals surface area (Å²) in [5, 5.41) is 12.2. The Morgan fingerprint density at radius 2 is 2.21 bits per heavy atom. The van der Waals surface area contributed by atoms with Crippen LogP contribution in [-0.4, -0.2) is 17.1 Å². The fourth-order valence-corrected chi connectivity index (χ4v) is 2.23. The molecule has 1 aromatic carbocycles. The molecule has 2 heterocycles. The van der Waals surface area contributed by atoms with Crippen LogP contribution in [0.3, 0.4) is 0 Å². The molecule has 1 aromatic heterocycles. The Morgan fingerprint density at radius 3 is 2.95 bits per heavy atom. The Labute approximate surface area is 109 Å². The zero-order chi connectivity index (χ0) is 13.4. The summed E-state index contributed by atoms with van der Waals surface area (Å²) < 4.78 is 19.6. The van der Waals surface area contributed by atoms with Gasteiger partial charge in [0.1, 0.15) is 23.4 Å². The third kappa shape index (κ3) is 2.07. The first-order chi connectivity index (χ1) is 9.17. The Balaban J connectivity index is 1.90. The molecular weight excluding hydrogens is 247 g/mol. The number of phenolic OH excluding ortho intramolecular Hbond substituents is 1. The van der Waals surface area contributed by atoms with Crippen LogP contribution in [0.5, 0.6) is 11.5 Å². The first kappa shape index (κ1) is 11.8. The molecule has 5 heteroatoms. The quantitative estimate of drug-likeness (QED) is 0.815. The lowest BCUT2D eigenvalue weighted by atomic mass is 10.0. The van der Waals surface area contributed by atoms with Gasteiger partial charge in [-0.25, -0.2) is 4.98 Å². The highest BCUT2D eigenvalue weighted by atomic mass is 19.1. The van der Waals surface area contributed by atoms with Gasteiger partial charge in [0.15, 0.2) is 0 Å². The molecule has 1 aliphatic heterocycles. The molecule has 0 fully saturated rings. The third-order valence-electron chi connectivity index (χ3n) is 3.20. The average Bonchev–Trinajstić information content (AvgIpc) is 2.81. The fourth-order valence-electron chi connectivity index (χ4n) is 2.23. The van der Waals surface area contributed by atoms with Gasteiger partial charge in [0.25, 0.3) is 0 Å². The number of aromatic nitrogens is 1. The van der Waals surface area contributed by atoms with Gasteiger partial charge < -0.3 is 15.2 Å². The van der Waals surface area contributed by atoms with E-state index in [1.54, 1.807) is 37.4 Å². The van der Waals surface area contributed by atoms with Crippen molar-refractivity contribution in [3.05, 3.63) is 47.4 Å². The van der Waals surface area contributed by atoms with E-state index in [-0.39, 0.29) is 5.75 Å². The predicted octanol–water partition coefficient (Wildman–Crippen LogP) is 2.64. The van der Waals surface area contributed by atoms with E-state index in [1.807, 2.05) is 0 Å². The lowest BCUT2D eigenvalue weighted by Crippen LogP contribution is -2.08. The summed E-state index contributed by atoms with van der Waals surface area (Å²) in [6.07, 6.45) is 0.136. The fraction of sp³-hybridized carbons (Fsp3) is 0.214. The van der Waals surface area contributed by atoms with E-state index < -0.39 is 12.1 Å². The van der Waals surface area contributed by atoms with Crippen LogP contribution in [-0.2, 0) is 6.42 Å². The zero-order valence-corrected chi connectivity index (χ0v) is 10.4. The van der Waals surface area contributed by atoms with E-state index in [1.165, 1.54) is 0 Å². The Morgan fingerprint density at radius 1 is 1.37 bits per heavy atom. The SMILES string of the molecule is CNc1ccc(C2Cc3cc(O)ccc3O2)c(F)n1. The highest BCUT2D eigenvalue weighted by molar-refractivity contribution is 5.45. The Bertz CT molecular complexity index is 631. The molecule has 0 saturated heterocycles. The number of pyridine rings is 1. The van der Waals surface area contributed by atoms with Crippen LogP contribution in [0.15, 0.2) is 30.3 Å². The first-order valence-corrected chi connectivity index (χ1v) is 6.00. The van der Waals surface area contributed by atoms with Crippen LogP contribution in [0.1, 0.15) is 17.2 Å². The molecular formula is C14H13FN2O2. The number of fused-ring (bicyclic) bond motifs is 1. The molecule has 0 amide bonds. The molecule has 0 aliphatic carbocycles. The zero-order valence-electron chi connectivity index (χ0n) is 10.4. The maximum atomic E-state index is 13.9. The van der Waals surface area contributed by atoms with Gasteiger partial charge in [0.05, 0.1) is 0 Å². The van der Waals surface area contributed by atoms with E-state index in [9.17, 15) is 9.50 Å². The number of nitrogens with zero attached hydrogens (tertiary/aromatic N) is 1. The number of rotatable bonds is 2. The van der Waals surface area contributed by atoms with Crippen molar-refractivity contribution in [2.75, 3.05) is 12.4 Å². The highest BCUT2D eigenvalue weighted by Crippen LogP contribution is 2.38. The second kappa shape index (κ2) is 4.42. The number of ether oxygens (including phenoxy) is 1. The van der Waals surface area contributed by atoms with E-state index in [0.717, 1.165) is 5.56 Å². The van der Waals surface area contributed by atoms with E-state index in [0.29, 0.717) is 23.6 Å². The molecule has 2 aromatic rings. The minimum Gasteiger partial charge on any atom is -0.508 e. The molecule has 1 atom stereocenters. The summed E-state index contributed by atoms with van der Waals surface area (Å²) in [6.45, 7) is 0. The minimum atomic E-state index is -0.533. The first-order valence-electron chi connectivity index (χ1n) is 6.00. The molecule has 4 nitrogen and oxygen atoms in total. The standard InChI is InChI=1S/C14H13FN2O2/c1-16-13-5-3-10(14(15)17-13)12-7-8-6-9(18)2-4-11(8)19-12/h2-6,12,18H,7H2,1H3,(H,16,17). The van der Waals surface area contributed by atoms with Crippen molar-refractivity contribution >= 4 is 5.82 Å². The highest BCUT2D eigenvalue weighted by Gasteiger charge is 2.27. The van der Waals surface area contributed by atoms with Crippen molar-refractivity contribution in [3.63, 3.8) is 0 Å². The van der Waals surface area contributed by atoms with Crippen molar-refractivity contribution in [1.29, 1.82) is 0 Å². The Kier molecular flexibility index (Phi) is 2.74. The van der Waals surface area contributed by atoms with Crippen LogP contribution in [0.4, 0.5) is 10.2 Å². The molecule has 2 N–H and O–H groups in total. The normalized spacial score (nSPS) is 16.8.